The van der Waals surface area contributed by atoms with Gasteiger partial charge in [-0.15, -0.1) is 0 Å². The average Bonchev–Trinajstić information content (AvgIpc) is 2.91. The Balaban J connectivity index is 1.20. The van der Waals surface area contributed by atoms with E-state index in [0.29, 0.717) is 31.2 Å². The van der Waals surface area contributed by atoms with Crippen molar-refractivity contribution in [2.24, 2.45) is 0 Å². The molecule has 36 heavy (non-hydrogen) atoms. The molecule has 1 fully saturated rings. The van der Waals surface area contributed by atoms with E-state index in [4.69, 9.17) is 11.6 Å². The highest BCUT2D eigenvalue weighted by Crippen LogP contribution is 2.30. The summed E-state index contributed by atoms with van der Waals surface area (Å²) in [7, 11) is -3.76. The van der Waals surface area contributed by atoms with E-state index >= 15 is 0 Å². The SMILES string of the molecule is O=C(Nc1ccc(Cl)c2ccccc12)N1CCN(c2ccc(S(=O)(=O)Nc3ccncn3)cc2)CC1. The lowest BCUT2D eigenvalue weighted by molar-refractivity contribution is 0.208. The van der Waals surface area contributed by atoms with Crippen LogP contribution < -0.4 is 14.9 Å². The number of hydrogen-bond acceptors (Lipinski definition) is 6. The Morgan fingerprint density at radius 3 is 2.31 bits per heavy atom. The quantitative estimate of drug-likeness (QED) is 0.401. The smallest absolute Gasteiger partial charge is 0.321 e. The first-order valence-corrected chi connectivity index (χ1v) is 13.1. The van der Waals surface area contributed by atoms with Gasteiger partial charge in [0.2, 0.25) is 0 Å². The van der Waals surface area contributed by atoms with Crippen molar-refractivity contribution < 1.29 is 13.2 Å². The number of carbonyl (C=O) groups excluding carboxylic acids is 1. The fraction of sp³-hybridized carbons (Fsp3) is 0.160. The molecule has 11 heteroatoms. The molecule has 4 aromatic rings. The molecule has 0 radical (unpaired) electrons. The molecule has 2 amide bonds. The Kier molecular flexibility index (Phi) is 6.62. The number of nitrogens with one attached hydrogen (secondary N) is 2. The molecule has 0 bridgehead atoms. The van der Waals surface area contributed by atoms with Crippen LogP contribution in [-0.4, -0.2) is 55.5 Å². The first kappa shape index (κ1) is 23.8. The molecule has 0 atom stereocenters. The summed E-state index contributed by atoms with van der Waals surface area (Å²) < 4.78 is 27.7. The summed E-state index contributed by atoms with van der Waals surface area (Å²) in [5.74, 6) is 0.204. The summed E-state index contributed by atoms with van der Waals surface area (Å²) in [5, 5.41) is 5.43. The second-order valence-electron chi connectivity index (χ2n) is 8.24. The van der Waals surface area contributed by atoms with Crippen LogP contribution in [0.1, 0.15) is 0 Å². The Morgan fingerprint density at radius 2 is 1.61 bits per heavy atom. The van der Waals surface area contributed by atoms with Gasteiger partial charge in [0.25, 0.3) is 10.0 Å². The number of halogens is 1. The van der Waals surface area contributed by atoms with E-state index in [1.807, 2.05) is 30.3 Å². The van der Waals surface area contributed by atoms with Gasteiger partial charge in [0.1, 0.15) is 12.1 Å². The van der Waals surface area contributed by atoms with Crippen molar-refractivity contribution >= 4 is 55.6 Å². The predicted octanol–water partition coefficient (Wildman–Crippen LogP) is 4.44. The van der Waals surface area contributed by atoms with Gasteiger partial charge in [-0.2, -0.15) is 0 Å². The number of hydrogen-bond donors (Lipinski definition) is 2. The maximum Gasteiger partial charge on any atom is 0.321 e. The van der Waals surface area contributed by atoms with Crippen molar-refractivity contribution in [3.8, 4) is 0 Å². The normalized spacial score (nSPS) is 14.0. The zero-order chi connectivity index (χ0) is 25.1. The van der Waals surface area contributed by atoms with Crippen LogP contribution in [0.3, 0.4) is 0 Å². The van der Waals surface area contributed by atoms with Gasteiger partial charge in [0, 0.05) is 53.9 Å². The summed E-state index contributed by atoms with van der Waals surface area (Å²) in [5.41, 5.74) is 1.61. The maximum absolute atomic E-state index is 12.9. The zero-order valence-corrected chi connectivity index (χ0v) is 20.7. The van der Waals surface area contributed by atoms with E-state index < -0.39 is 10.0 Å². The number of aromatic nitrogens is 2. The van der Waals surface area contributed by atoms with Crippen molar-refractivity contribution in [1.82, 2.24) is 14.9 Å². The van der Waals surface area contributed by atoms with Crippen LogP contribution in [0.15, 0.2) is 84.1 Å². The van der Waals surface area contributed by atoms with Gasteiger partial charge in [-0.1, -0.05) is 35.9 Å². The molecule has 0 aliphatic carbocycles. The van der Waals surface area contributed by atoms with E-state index in [-0.39, 0.29) is 16.7 Å². The predicted molar refractivity (Wildman–Crippen MR) is 141 cm³/mol. The number of carbonyl (C=O) groups is 1. The van der Waals surface area contributed by atoms with Crippen LogP contribution in [0, 0.1) is 0 Å². The van der Waals surface area contributed by atoms with Crippen molar-refractivity contribution in [2.45, 2.75) is 4.90 Å². The summed E-state index contributed by atoms with van der Waals surface area (Å²) in [6.45, 7) is 2.32. The number of urea groups is 1. The second kappa shape index (κ2) is 10.00. The highest BCUT2D eigenvalue weighted by atomic mass is 35.5. The second-order valence-corrected chi connectivity index (χ2v) is 10.3. The van der Waals surface area contributed by atoms with Gasteiger partial charge in [-0.3, -0.25) is 4.72 Å². The standard InChI is InChI=1S/C25H23ClN6O3S/c26-22-9-10-23(21-4-2-1-3-20(21)22)29-25(33)32-15-13-31(14-16-32)18-5-7-19(8-6-18)36(34,35)30-24-11-12-27-17-28-24/h1-12,17H,13-16H2,(H,29,33)(H,27,28,30). The third kappa shape index (κ3) is 5.05. The monoisotopic (exact) mass is 522 g/mol. The van der Waals surface area contributed by atoms with Crippen LogP contribution in [0.2, 0.25) is 5.02 Å². The van der Waals surface area contributed by atoms with Crippen molar-refractivity contribution in [2.75, 3.05) is 41.1 Å². The van der Waals surface area contributed by atoms with Crippen LogP contribution in [0.25, 0.3) is 10.8 Å². The largest absolute Gasteiger partial charge is 0.368 e. The lowest BCUT2D eigenvalue weighted by atomic mass is 10.1. The minimum Gasteiger partial charge on any atom is -0.368 e. The van der Waals surface area contributed by atoms with Gasteiger partial charge < -0.3 is 15.1 Å². The number of rotatable bonds is 5. The molecule has 3 aromatic carbocycles. The molecule has 0 spiro atoms. The third-order valence-corrected chi connectivity index (χ3v) is 7.71. The molecule has 0 unspecified atom stereocenters. The summed E-state index contributed by atoms with van der Waals surface area (Å²) >= 11 is 6.29. The molecular weight excluding hydrogens is 500 g/mol. The molecule has 1 aliphatic heterocycles. The number of benzene rings is 3. The number of fused-ring (bicyclic) bond motifs is 1. The molecule has 184 valence electrons. The lowest BCUT2D eigenvalue weighted by Crippen LogP contribution is -2.50. The van der Waals surface area contributed by atoms with Crippen LogP contribution >= 0.6 is 11.6 Å². The van der Waals surface area contributed by atoms with Gasteiger partial charge in [-0.25, -0.2) is 23.2 Å². The van der Waals surface area contributed by atoms with Crippen molar-refractivity contribution in [1.29, 1.82) is 0 Å². The van der Waals surface area contributed by atoms with Crippen LogP contribution in [-0.2, 0) is 10.0 Å². The van der Waals surface area contributed by atoms with Gasteiger partial charge in [0.15, 0.2) is 0 Å². The number of nitrogens with zero attached hydrogens (tertiary/aromatic N) is 4. The van der Waals surface area contributed by atoms with Gasteiger partial charge in [0.05, 0.1) is 10.6 Å². The topological polar surface area (TPSA) is 108 Å². The van der Waals surface area contributed by atoms with E-state index in [9.17, 15) is 13.2 Å². The van der Waals surface area contributed by atoms with E-state index in [1.54, 1.807) is 35.2 Å². The minimum atomic E-state index is -3.76. The number of piperazine rings is 1. The molecule has 2 N–H and O–H groups in total. The zero-order valence-electron chi connectivity index (χ0n) is 19.1. The fourth-order valence-electron chi connectivity index (χ4n) is 4.12. The molecular formula is C25H23ClN6O3S. The maximum atomic E-state index is 12.9. The first-order valence-electron chi connectivity index (χ1n) is 11.3. The molecule has 1 aliphatic rings. The number of amides is 2. The highest BCUT2D eigenvalue weighted by Gasteiger charge is 2.23. The van der Waals surface area contributed by atoms with Crippen molar-refractivity contribution in [3.63, 3.8) is 0 Å². The molecule has 1 aromatic heterocycles. The molecule has 5 rings (SSSR count). The molecule has 9 nitrogen and oxygen atoms in total. The lowest BCUT2D eigenvalue weighted by Gasteiger charge is -2.36. The Bertz CT molecular complexity index is 1490. The van der Waals surface area contributed by atoms with Gasteiger partial charge >= 0.3 is 6.03 Å². The summed E-state index contributed by atoms with van der Waals surface area (Å²) in [4.78, 5) is 24.6. The van der Waals surface area contributed by atoms with Crippen LogP contribution in [0.4, 0.5) is 22.0 Å². The molecule has 0 saturated carbocycles. The molecule has 2 heterocycles. The Labute approximate surface area is 213 Å². The number of anilines is 3. The average molecular weight is 523 g/mol. The Hall–Kier alpha value is -3.89. The van der Waals surface area contributed by atoms with Gasteiger partial charge in [-0.05, 0) is 42.5 Å². The third-order valence-electron chi connectivity index (χ3n) is 6.01. The van der Waals surface area contributed by atoms with E-state index in [2.05, 4.69) is 24.9 Å². The highest BCUT2D eigenvalue weighted by molar-refractivity contribution is 7.92. The summed E-state index contributed by atoms with van der Waals surface area (Å²) in [6, 6.07) is 19.2. The van der Waals surface area contributed by atoms with E-state index in [0.717, 1.165) is 22.1 Å². The number of sulfonamides is 1. The molecule has 1 saturated heterocycles. The van der Waals surface area contributed by atoms with E-state index in [1.165, 1.54) is 18.6 Å². The fourth-order valence-corrected chi connectivity index (χ4v) is 5.35. The van der Waals surface area contributed by atoms with Crippen LogP contribution in [0.5, 0.6) is 0 Å². The van der Waals surface area contributed by atoms with Crippen molar-refractivity contribution in [3.05, 3.63) is 84.3 Å². The Morgan fingerprint density at radius 1 is 0.889 bits per heavy atom. The first-order chi connectivity index (χ1) is 17.4. The summed E-state index contributed by atoms with van der Waals surface area (Å²) in [6.07, 6.45) is 2.74. The minimum absolute atomic E-state index is 0.137.